The van der Waals surface area contributed by atoms with Gasteiger partial charge in [0.1, 0.15) is 0 Å². The van der Waals surface area contributed by atoms with Crippen molar-refractivity contribution >= 4 is 30.0 Å². The summed E-state index contributed by atoms with van der Waals surface area (Å²) in [6.07, 6.45) is 1.96. The Kier molecular flexibility index (Phi) is 6.45. The van der Waals surface area contributed by atoms with Gasteiger partial charge in [0.25, 0.3) is 5.91 Å². The Morgan fingerprint density at radius 1 is 1.29 bits per heavy atom. The van der Waals surface area contributed by atoms with Crippen molar-refractivity contribution in [3.05, 3.63) is 29.8 Å². The Bertz CT molecular complexity index is 572. The summed E-state index contributed by atoms with van der Waals surface area (Å²) < 4.78 is 0. The van der Waals surface area contributed by atoms with E-state index in [9.17, 15) is 9.59 Å². The van der Waals surface area contributed by atoms with Gasteiger partial charge in [0.15, 0.2) is 0 Å². The lowest BCUT2D eigenvalue weighted by Crippen LogP contribution is -2.42. The van der Waals surface area contributed by atoms with Crippen LogP contribution in [0.5, 0.6) is 0 Å². The molecule has 3 rings (SSSR count). The van der Waals surface area contributed by atoms with Crippen LogP contribution in [0.2, 0.25) is 0 Å². The van der Waals surface area contributed by atoms with Gasteiger partial charge in [-0.25, -0.2) is 4.79 Å². The summed E-state index contributed by atoms with van der Waals surface area (Å²) in [6.45, 7) is 6.05. The predicted molar refractivity (Wildman–Crippen MR) is 97.0 cm³/mol. The summed E-state index contributed by atoms with van der Waals surface area (Å²) in [6, 6.07) is 7.58. The molecule has 0 aliphatic carbocycles. The van der Waals surface area contributed by atoms with E-state index in [1.165, 1.54) is 0 Å². The minimum atomic E-state index is -0.0753. The van der Waals surface area contributed by atoms with E-state index in [0.29, 0.717) is 18.7 Å². The lowest BCUT2D eigenvalue weighted by Gasteiger charge is -2.28. The van der Waals surface area contributed by atoms with Gasteiger partial charge in [-0.1, -0.05) is 6.92 Å². The van der Waals surface area contributed by atoms with Crippen molar-refractivity contribution in [1.29, 1.82) is 0 Å². The monoisotopic (exact) mass is 352 g/mol. The fraction of sp³-hybridized carbons (Fsp3) is 0.529. The first-order valence-electron chi connectivity index (χ1n) is 8.38. The minimum absolute atomic E-state index is 0. The molecule has 2 fully saturated rings. The van der Waals surface area contributed by atoms with Gasteiger partial charge >= 0.3 is 6.03 Å². The summed E-state index contributed by atoms with van der Waals surface area (Å²) in [7, 11) is 0. The van der Waals surface area contributed by atoms with Crippen LogP contribution in [0.3, 0.4) is 0 Å². The van der Waals surface area contributed by atoms with E-state index in [2.05, 4.69) is 17.6 Å². The highest BCUT2D eigenvalue weighted by molar-refractivity contribution is 5.97. The Morgan fingerprint density at radius 3 is 2.58 bits per heavy atom. The molecule has 0 spiro atoms. The second kappa shape index (κ2) is 8.35. The van der Waals surface area contributed by atoms with Crippen LogP contribution in [0.15, 0.2) is 24.3 Å². The number of rotatable bonds is 5. The number of halogens is 1. The van der Waals surface area contributed by atoms with Gasteiger partial charge in [0.05, 0.1) is 0 Å². The van der Waals surface area contributed by atoms with Crippen molar-refractivity contribution in [2.24, 2.45) is 0 Å². The van der Waals surface area contributed by atoms with Crippen LogP contribution >= 0.6 is 12.4 Å². The highest BCUT2D eigenvalue weighted by Crippen LogP contribution is 2.20. The summed E-state index contributed by atoms with van der Waals surface area (Å²) in [5.41, 5.74) is 1.52. The number of urea groups is 1. The van der Waals surface area contributed by atoms with Crippen molar-refractivity contribution in [2.75, 3.05) is 37.6 Å². The van der Waals surface area contributed by atoms with Crippen molar-refractivity contribution in [2.45, 2.75) is 25.8 Å². The predicted octanol–water partition coefficient (Wildman–Crippen LogP) is 1.85. The molecule has 132 valence electrons. The van der Waals surface area contributed by atoms with Gasteiger partial charge in [0, 0.05) is 43.5 Å². The molecule has 6 nitrogen and oxygen atoms in total. The van der Waals surface area contributed by atoms with Crippen LogP contribution in [-0.4, -0.2) is 55.6 Å². The van der Waals surface area contributed by atoms with Gasteiger partial charge < -0.3 is 15.5 Å². The SMILES string of the molecule is CCCN(C(=O)c1ccc(N2CCNC2=O)cc1)C1CCNC1.Cl. The molecule has 0 aromatic heterocycles. The molecule has 1 unspecified atom stereocenters. The first kappa shape index (κ1) is 18.5. The van der Waals surface area contributed by atoms with Crippen LogP contribution in [0.25, 0.3) is 0 Å². The molecule has 0 saturated carbocycles. The number of anilines is 1. The zero-order chi connectivity index (χ0) is 16.2. The smallest absolute Gasteiger partial charge is 0.321 e. The quantitative estimate of drug-likeness (QED) is 0.850. The van der Waals surface area contributed by atoms with Crippen molar-refractivity contribution < 1.29 is 9.59 Å². The standard InChI is InChI=1S/C17H24N4O2.ClH/c1-2-10-20(15-7-8-18-12-15)16(22)13-3-5-14(6-4-13)21-11-9-19-17(21)23;/h3-6,15,18H,2,7-12H2,1H3,(H,19,23);1H. The molecular formula is C17H25ClN4O2. The molecule has 1 aromatic carbocycles. The maximum atomic E-state index is 12.8. The van der Waals surface area contributed by atoms with Gasteiger partial charge in [-0.15, -0.1) is 12.4 Å². The molecule has 0 radical (unpaired) electrons. The average molecular weight is 353 g/mol. The molecule has 2 N–H and O–H groups in total. The van der Waals surface area contributed by atoms with E-state index in [-0.39, 0.29) is 30.4 Å². The van der Waals surface area contributed by atoms with Gasteiger partial charge in [-0.05, 0) is 43.7 Å². The van der Waals surface area contributed by atoms with E-state index in [0.717, 1.165) is 38.2 Å². The molecule has 1 atom stereocenters. The van der Waals surface area contributed by atoms with E-state index in [1.807, 2.05) is 29.2 Å². The van der Waals surface area contributed by atoms with E-state index < -0.39 is 0 Å². The fourth-order valence-electron chi connectivity index (χ4n) is 3.26. The highest BCUT2D eigenvalue weighted by Gasteiger charge is 2.27. The summed E-state index contributed by atoms with van der Waals surface area (Å²) in [4.78, 5) is 28.2. The summed E-state index contributed by atoms with van der Waals surface area (Å²) >= 11 is 0. The van der Waals surface area contributed by atoms with Gasteiger partial charge in [-0.3, -0.25) is 9.69 Å². The first-order valence-corrected chi connectivity index (χ1v) is 8.38. The Labute approximate surface area is 149 Å². The van der Waals surface area contributed by atoms with Gasteiger partial charge in [0.2, 0.25) is 0 Å². The number of benzene rings is 1. The molecule has 2 saturated heterocycles. The third-order valence-corrected chi connectivity index (χ3v) is 4.48. The number of carbonyl (C=O) groups excluding carboxylic acids is 2. The first-order chi connectivity index (χ1) is 11.2. The lowest BCUT2D eigenvalue weighted by molar-refractivity contribution is 0.0692. The molecule has 1 aromatic rings. The van der Waals surface area contributed by atoms with Crippen LogP contribution < -0.4 is 15.5 Å². The zero-order valence-electron chi connectivity index (χ0n) is 14.0. The fourth-order valence-corrected chi connectivity index (χ4v) is 3.26. The molecule has 0 bridgehead atoms. The average Bonchev–Trinajstić information content (AvgIpc) is 3.24. The second-order valence-electron chi connectivity index (χ2n) is 6.08. The number of carbonyl (C=O) groups is 2. The largest absolute Gasteiger partial charge is 0.336 e. The third kappa shape index (κ3) is 3.82. The number of hydrogen-bond donors (Lipinski definition) is 2. The Morgan fingerprint density at radius 2 is 2.04 bits per heavy atom. The molecule has 2 heterocycles. The Hall–Kier alpha value is -1.79. The minimum Gasteiger partial charge on any atom is -0.336 e. The molecule has 2 aliphatic rings. The van der Waals surface area contributed by atoms with Gasteiger partial charge in [-0.2, -0.15) is 0 Å². The van der Waals surface area contributed by atoms with E-state index >= 15 is 0 Å². The third-order valence-electron chi connectivity index (χ3n) is 4.48. The number of amides is 3. The number of nitrogens with zero attached hydrogens (tertiary/aromatic N) is 2. The van der Waals surface area contributed by atoms with Crippen LogP contribution in [-0.2, 0) is 0 Å². The number of hydrogen-bond acceptors (Lipinski definition) is 3. The molecule has 3 amide bonds. The highest BCUT2D eigenvalue weighted by atomic mass is 35.5. The van der Waals surface area contributed by atoms with Crippen molar-refractivity contribution in [1.82, 2.24) is 15.5 Å². The maximum Gasteiger partial charge on any atom is 0.321 e. The zero-order valence-corrected chi connectivity index (χ0v) is 14.8. The topological polar surface area (TPSA) is 64.7 Å². The second-order valence-corrected chi connectivity index (χ2v) is 6.08. The van der Waals surface area contributed by atoms with E-state index in [1.54, 1.807) is 4.90 Å². The van der Waals surface area contributed by atoms with E-state index in [4.69, 9.17) is 0 Å². The maximum absolute atomic E-state index is 12.8. The van der Waals surface area contributed by atoms with Crippen LogP contribution in [0.4, 0.5) is 10.5 Å². The summed E-state index contributed by atoms with van der Waals surface area (Å²) in [5.74, 6) is 0.0815. The number of nitrogens with one attached hydrogen (secondary N) is 2. The Balaban J connectivity index is 0.00000208. The normalized spacial score (nSPS) is 19.8. The summed E-state index contributed by atoms with van der Waals surface area (Å²) in [5, 5.41) is 6.11. The van der Waals surface area contributed by atoms with Crippen LogP contribution in [0.1, 0.15) is 30.1 Å². The lowest BCUT2D eigenvalue weighted by atomic mass is 10.1. The molecule has 24 heavy (non-hydrogen) atoms. The molecule has 2 aliphatic heterocycles. The van der Waals surface area contributed by atoms with Crippen molar-refractivity contribution in [3.63, 3.8) is 0 Å². The molecule has 7 heteroatoms. The van der Waals surface area contributed by atoms with Crippen molar-refractivity contribution in [3.8, 4) is 0 Å². The van der Waals surface area contributed by atoms with Crippen LogP contribution in [0, 0.1) is 0 Å². The molecular weight excluding hydrogens is 328 g/mol.